The molecule has 25 heavy (non-hydrogen) atoms. The van der Waals surface area contributed by atoms with Crippen LogP contribution in [0.3, 0.4) is 0 Å². The van der Waals surface area contributed by atoms with Crippen molar-refractivity contribution < 1.29 is 9.59 Å². The van der Waals surface area contributed by atoms with Crippen LogP contribution in [0.25, 0.3) is 0 Å². The maximum Gasteiger partial charge on any atom is 0.240 e. The van der Waals surface area contributed by atoms with Crippen LogP contribution in [0.15, 0.2) is 0 Å². The van der Waals surface area contributed by atoms with E-state index < -0.39 is 5.54 Å². The fourth-order valence-electron chi connectivity index (χ4n) is 2.24. The first kappa shape index (κ1) is 23.5. The Bertz CT molecular complexity index is 541. The van der Waals surface area contributed by atoms with Crippen molar-refractivity contribution in [1.29, 1.82) is 0 Å². The molecule has 144 valence electrons. The topological polar surface area (TPSA) is 116 Å². The second-order valence-corrected chi connectivity index (χ2v) is 6.66. The Labute approximate surface area is 155 Å². The number of aryl methyl sites for hydroxylation is 1. The molecule has 0 aromatic carbocycles. The van der Waals surface area contributed by atoms with Gasteiger partial charge in [0.05, 0.1) is 18.1 Å². The Morgan fingerprint density at radius 3 is 2.48 bits per heavy atom. The van der Waals surface area contributed by atoms with Gasteiger partial charge in [-0.2, -0.15) is 0 Å². The average molecular weight is 375 g/mol. The van der Waals surface area contributed by atoms with Gasteiger partial charge in [0.15, 0.2) is 5.82 Å². The normalized spacial score (nSPS) is 12.4. The van der Waals surface area contributed by atoms with E-state index in [1.807, 2.05) is 6.92 Å². The summed E-state index contributed by atoms with van der Waals surface area (Å²) in [6.45, 7) is 7.76. The Morgan fingerprint density at radius 2 is 1.92 bits per heavy atom. The highest BCUT2D eigenvalue weighted by Gasteiger charge is 2.27. The number of halogens is 1. The van der Waals surface area contributed by atoms with Gasteiger partial charge in [-0.25, -0.2) is 4.68 Å². The first-order chi connectivity index (χ1) is 11.3. The summed E-state index contributed by atoms with van der Waals surface area (Å²) in [5.41, 5.74) is 4.84. The number of tetrazole rings is 1. The van der Waals surface area contributed by atoms with Gasteiger partial charge in [0, 0.05) is 12.8 Å². The average Bonchev–Trinajstić information content (AvgIpc) is 2.98. The van der Waals surface area contributed by atoms with Crippen LogP contribution in [0.1, 0.15) is 78.1 Å². The van der Waals surface area contributed by atoms with Crippen LogP contribution in [0.5, 0.6) is 0 Å². The van der Waals surface area contributed by atoms with Gasteiger partial charge in [-0.15, -0.1) is 17.5 Å². The van der Waals surface area contributed by atoms with Crippen LogP contribution in [0.4, 0.5) is 0 Å². The molecule has 0 radical (unpaired) electrons. The van der Waals surface area contributed by atoms with Crippen LogP contribution < -0.4 is 11.1 Å². The van der Waals surface area contributed by atoms with E-state index in [-0.39, 0.29) is 30.1 Å². The molecular weight excluding hydrogens is 344 g/mol. The minimum Gasteiger partial charge on any atom is -0.344 e. The van der Waals surface area contributed by atoms with E-state index in [0.29, 0.717) is 31.6 Å². The van der Waals surface area contributed by atoms with E-state index in [0.717, 1.165) is 19.3 Å². The standard InChI is InChI=1S/C16H30N6O2.ClH/c1-5-7-8-9-12(23)10-11-22-14(19-20-21-22)13(6-2)18-15(24)16(3,4)17;/h13H,5-11,17H2,1-4H3,(H,18,24);1H/t13-;/m1./s1. The highest BCUT2D eigenvalue weighted by Crippen LogP contribution is 2.15. The summed E-state index contributed by atoms with van der Waals surface area (Å²) >= 11 is 0. The summed E-state index contributed by atoms with van der Waals surface area (Å²) in [7, 11) is 0. The van der Waals surface area contributed by atoms with Crippen LogP contribution in [-0.2, 0) is 16.1 Å². The first-order valence-corrected chi connectivity index (χ1v) is 8.67. The maximum atomic E-state index is 12.1. The molecular formula is C16H31ClN6O2. The van der Waals surface area contributed by atoms with E-state index in [9.17, 15) is 9.59 Å². The van der Waals surface area contributed by atoms with Crippen molar-refractivity contribution in [2.75, 3.05) is 0 Å². The van der Waals surface area contributed by atoms with Crippen LogP contribution in [-0.4, -0.2) is 37.4 Å². The summed E-state index contributed by atoms with van der Waals surface area (Å²) in [6, 6.07) is -0.328. The Hall–Kier alpha value is -1.54. The second-order valence-electron chi connectivity index (χ2n) is 6.66. The van der Waals surface area contributed by atoms with Crippen LogP contribution in [0, 0.1) is 0 Å². The molecule has 0 bridgehead atoms. The molecule has 8 nitrogen and oxygen atoms in total. The number of nitrogens with one attached hydrogen (secondary N) is 1. The molecule has 0 saturated heterocycles. The molecule has 9 heteroatoms. The summed E-state index contributed by atoms with van der Waals surface area (Å²) < 4.78 is 1.59. The zero-order valence-electron chi connectivity index (χ0n) is 15.6. The van der Waals surface area contributed by atoms with Gasteiger partial charge in [0.1, 0.15) is 5.78 Å². The number of unbranched alkanes of at least 4 members (excludes halogenated alkanes) is 2. The Morgan fingerprint density at radius 1 is 1.24 bits per heavy atom. The molecule has 1 heterocycles. The lowest BCUT2D eigenvalue weighted by Gasteiger charge is -2.22. The Kier molecular flexibility index (Phi) is 10.5. The smallest absolute Gasteiger partial charge is 0.240 e. The number of nitrogens with zero attached hydrogens (tertiary/aromatic N) is 4. The number of nitrogens with two attached hydrogens (primary N) is 1. The quantitative estimate of drug-likeness (QED) is 0.572. The van der Waals surface area contributed by atoms with E-state index in [4.69, 9.17) is 5.73 Å². The molecule has 1 rings (SSSR count). The number of amides is 1. The molecule has 0 aliphatic carbocycles. The second kappa shape index (κ2) is 11.1. The van der Waals surface area contributed by atoms with Gasteiger partial charge >= 0.3 is 0 Å². The van der Waals surface area contributed by atoms with Crippen LogP contribution >= 0.6 is 12.4 Å². The highest BCUT2D eigenvalue weighted by molar-refractivity contribution is 5.85. The monoisotopic (exact) mass is 374 g/mol. The van der Waals surface area contributed by atoms with E-state index >= 15 is 0 Å². The van der Waals surface area contributed by atoms with Crippen molar-refractivity contribution in [3.63, 3.8) is 0 Å². The van der Waals surface area contributed by atoms with Crippen molar-refractivity contribution in [2.45, 2.75) is 84.3 Å². The number of Topliss-reactive ketones (excluding diaryl/α,β-unsaturated/α-hetero) is 1. The number of ketones is 1. The SMILES string of the molecule is CCCCCC(=O)CCn1nnnc1[C@@H](CC)NC(=O)C(C)(C)N.Cl. The first-order valence-electron chi connectivity index (χ1n) is 8.67. The van der Waals surface area contributed by atoms with Crippen molar-refractivity contribution in [3.8, 4) is 0 Å². The van der Waals surface area contributed by atoms with E-state index in [1.165, 1.54) is 0 Å². The number of rotatable bonds is 11. The predicted octanol–water partition coefficient (Wildman–Crippen LogP) is 1.94. The molecule has 1 aromatic heterocycles. The fraction of sp³-hybridized carbons (Fsp3) is 0.812. The summed E-state index contributed by atoms with van der Waals surface area (Å²) in [5, 5.41) is 14.5. The molecule has 0 unspecified atom stereocenters. The largest absolute Gasteiger partial charge is 0.344 e. The van der Waals surface area contributed by atoms with Gasteiger partial charge < -0.3 is 11.1 Å². The minimum atomic E-state index is -0.971. The van der Waals surface area contributed by atoms with Gasteiger partial charge in [0.2, 0.25) is 5.91 Å². The van der Waals surface area contributed by atoms with Crippen molar-refractivity contribution in [1.82, 2.24) is 25.5 Å². The lowest BCUT2D eigenvalue weighted by Crippen LogP contribution is -2.50. The number of hydrogen-bond acceptors (Lipinski definition) is 6. The molecule has 1 aromatic rings. The summed E-state index contributed by atoms with van der Waals surface area (Å²) in [4.78, 5) is 24.0. The van der Waals surface area contributed by atoms with Crippen molar-refractivity contribution in [3.05, 3.63) is 5.82 Å². The zero-order valence-corrected chi connectivity index (χ0v) is 16.4. The van der Waals surface area contributed by atoms with E-state index in [2.05, 4.69) is 27.8 Å². The third kappa shape index (κ3) is 7.92. The summed E-state index contributed by atoms with van der Waals surface area (Å²) in [5.74, 6) is 0.501. The highest BCUT2D eigenvalue weighted by atomic mass is 35.5. The van der Waals surface area contributed by atoms with E-state index in [1.54, 1.807) is 18.5 Å². The van der Waals surface area contributed by atoms with Crippen LogP contribution in [0.2, 0.25) is 0 Å². The molecule has 0 aliphatic rings. The lowest BCUT2D eigenvalue weighted by atomic mass is 10.1. The molecule has 0 aliphatic heterocycles. The fourth-order valence-corrected chi connectivity index (χ4v) is 2.24. The zero-order chi connectivity index (χ0) is 18.2. The summed E-state index contributed by atoms with van der Waals surface area (Å²) in [6.07, 6.45) is 4.72. The Balaban J connectivity index is 0.00000576. The number of carbonyl (C=O) groups excluding carboxylic acids is 2. The number of hydrogen-bond donors (Lipinski definition) is 2. The number of aromatic nitrogens is 4. The van der Waals surface area contributed by atoms with Crippen molar-refractivity contribution in [2.24, 2.45) is 5.73 Å². The molecule has 1 amide bonds. The predicted molar refractivity (Wildman–Crippen MR) is 98.3 cm³/mol. The third-order valence-corrected chi connectivity index (χ3v) is 3.83. The van der Waals surface area contributed by atoms with Gasteiger partial charge in [-0.05, 0) is 37.1 Å². The maximum absolute atomic E-state index is 12.1. The minimum absolute atomic E-state index is 0. The molecule has 3 N–H and O–H groups in total. The number of carbonyl (C=O) groups is 2. The molecule has 0 fully saturated rings. The van der Waals surface area contributed by atoms with Crippen molar-refractivity contribution >= 4 is 24.1 Å². The van der Waals surface area contributed by atoms with Gasteiger partial charge in [0.25, 0.3) is 0 Å². The third-order valence-electron chi connectivity index (χ3n) is 3.83. The molecule has 1 atom stereocenters. The van der Waals surface area contributed by atoms with Gasteiger partial charge in [-0.3, -0.25) is 9.59 Å². The lowest BCUT2D eigenvalue weighted by molar-refractivity contribution is -0.126. The molecule has 0 spiro atoms. The van der Waals surface area contributed by atoms with Gasteiger partial charge in [-0.1, -0.05) is 26.7 Å². The molecule has 0 saturated carbocycles.